The lowest BCUT2D eigenvalue weighted by Crippen LogP contribution is -2.57. The third kappa shape index (κ3) is 11.0. The minimum Gasteiger partial charge on any atom is -0.490 e. The quantitative estimate of drug-likeness (QED) is 0.142. The zero-order chi connectivity index (χ0) is 38.2. The van der Waals surface area contributed by atoms with Crippen molar-refractivity contribution in [1.82, 2.24) is 20.5 Å². The van der Waals surface area contributed by atoms with Crippen LogP contribution in [-0.4, -0.2) is 76.0 Å². The average molecular weight is 755 g/mol. The fourth-order valence-electron chi connectivity index (χ4n) is 6.16. The molecular weight excluding hydrogens is 704 g/mol. The lowest BCUT2D eigenvalue weighted by atomic mass is 9.85. The number of thiazole rings is 1. The van der Waals surface area contributed by atoms with Gasteiger partial charge in [0, 0.05) is 31.8 Å². The number of carbonyl (C=O) groups excluding carboxylic acids is 4. The maximum Gasteiger partial charge on any atom is 0.246 e. The summed E-state index contributed by atoms with van der Waals surface area (Å²) in [5, 5.41) is 16.9. The van der Waals surface area contributed by atoms with Gasteiger partial charge in [0.25, 0.3) is 0 Å². The first-order valence-electron chi connectivity index (χ1n) is 17.6. The molecule has 0 spiro atoms. The van der Waals surface area contributed by atoms with E-state index in [4.69, 9.17) is 27.8 Å². The van der Waals surface area contributed by atoms with Crippen LogP contribution in [0.25, 0.3) is 10.4 Å². The molecule has 0 aliphatic carbocycles. The largest absolute Gasteiger partial charge is 0.490 e. The van der Waals surface area contributed by atoms with Crippen LogP contribution in [-0.2, 0) is 25.6 Å². The number of amides is 4. The van der Waals surface area contributed by atoms with E-state index >= 15 is 0 Å². The number of aryl methyl sites for hydroxylation is 2. The van der Waals surface area contributed by atoms with Crippen molar-refractivity contribution in [1.29, 1.82) is 0 Å². The molecule has 0 bridgehead atoms. The van der Waals surface area contributed by atoms with E-state index in [1.54, 1.807) is 23.5 Å². The molecule has 1 aliphatic rings. The van der Waals surface area contributed by atoms with Crippen LogP contribution in [0.3, 0.4) is 0 Å². The summed E-state index contributed by atoms with van der Waals surface area (Å²) >= 11 is 8.17. The second-order valence-electron chi connectivity index (χ2n) is 14.5. The number of benzene rings is 2. The molecule has 282 valence electrons. The van der Waals surface area contributed by atoms with Gasteiger partial charge in [0.15, 0.2) is 0 Å². The number of aliphatic hydroxyl groups is 1. The number of hydrogen-bond donors (Lipinski definition) is 5. The Balaban J connectivity index is 1.34. The highest BCUT2D eigenvalue weighted by Gasteiger charge is 2.44. The lowest BCUT2D eigenvalue weighted by Gasteiger charge is -2.35. The van der Waals surface area contributed by atoms with Gasteiger partial charge in [-0.1, -0.05) is 68.8 Å². The number of nitrogens with one attached hydrogen (secondary N) is 2. The van der Waals surface area contributed by atoms with E-state index < -0.39 is 35.4 Å². The van der Waals surface area contributed by atoms with E-state index in [-0.39, 0.29) is 56.3 Å². The van der Waals surface area contributed by atoms with E-state index in [1.807, 2.05) is 70.5 Å². The van der Waals surface area contributed by atoms with Crippen molar-refractivity contribution in [2.45, 2.75) is 103 Å². The van der Waals surface area contributed by atoms with Crippen LogP contribution in [0.4, 0.5) is 0 Å². The third-order valence-corrected chi connectivity index (χ3v) is 10.6. The molecule has 12 nitrogen and oxygen atoms in total. The lowest BCUT2D eigenvalue weighted by molar-refractivity contribution is -0.144. The second-order valence-corrected chi connectivity index (χ2v) is 15.8. The predicted molar refractivity (Wildman–Crippen MR) is 203 cm³/mol. The molecule has 2 aromatic carbocycles. The van der Waals surface area contributed by atoms with Gasteiger partial charge in [-0.3, -0.25) is 19.2 Å². The minimum atomic E-state index is -0.931. The number of nitrogens with zero attached hydrogens (tertiary/aromatic N) is 2. The number of aliphatic hydroxyl groups excluding tert-OH is 1. The first-order valence-corrected chi connectivity index (χ1v) is 18.8. The molecule has 5 atom stereocenters. The standard InChI is InChI=1S/C38H51ClN6O6S/c1-22(24-12-14-26(15-13-24)34-23(2)42-21-52-34)43-36(49)29-18-28(46)19-45(29)37(50)35(38(3,4)5)44-32(48)11-7-9-25-8-6-10-30(33(25)39)51-20-27(40)16-17-31(41)47/h6,8,10,12-15,21-22,27-29,35,46H,7,9,11,16-20,40H2,1-5H3,(H2,41,47)(H,43,49)(H,44,48)/t22-,27?,28+,29-,35?/m0/s1. The van der Waals surface area contributed by atoms with Crippen LogP contribution in [0.15, 0.2) is 48.0 Å². The Labute approximate surface area is 314 Å². The van der Waals surface area contributed by atoms with E-state index in [2.05, 4.69) is 15.6 Å². The number of carbonyl (C=O) groups is 4. The minimum absolute atomic E-state index is 0.0103. The summed E-state index contributed by atoms with van der Waals surface area (Å²) in [6.07, 6.45) is 0.860. The van der Waals surface area contributed by atoms with Gasteiger partial charge >= 0.3 is 0 Å². The van der Waals surface area contributed by atoms with E-state index in [9.17, 15) is 24.3 Å². The first-order chi connectivity index (χ1) is 24.5. The molecule has 52 heavy (non-hydrogen) atoms. The smallest absolute Gasteiger partial charge is 0.246 e. The van der Waals surface area contributed by atoms with Gasteiger partial charge in [0.05, 0.1) is 33.3 Å². The number of hydrogen-bond acceptors (Lipinski definition) is 9. The monoisotopic (exact) mass is 754 g/mol. The van der Waals surface area contributed by atoms with Crippen molar-refractivity contribution in [3.05, 3.63) is 69.8 Å². The van der Waals surface area contributed by atoms with Crippen molar-refractivity contribution >= 4 is 46.6 Å². The first kappa shape index (κ1) is 40.7. The highest BCUT2D eigenvalue weighted by Crippen LogP contribution is 2.31. The molecule has 1 fully saturated rings. The van der Waals surface area contributed by atoms with Crippen molar-refractivity contribution in [2.75, 3.05) is 13.2 Å². The van der Waals surface area contributed by atoms with Gasteiger partial charge in [-0.05, 0) is 61.3 Å². The van der Waals surface area contributed by atoms with Gasteiger partial charge in [-0.25, -0.2) is 4.98 Å². The molecule has 2 heterocycles. The topological polar surface area (TPSA) is 190 Å². The van der Waals surface area contributed by atoms with E-state index in [1.165, 1.54) is 4.90 Å². The Bertz CT molecular complexity index is 1710. The number of β-amino-alcohol motifs (C(OH)–C–C–N with tert-alkyl or cyclic N) is 1. The summed E-state index contributed by atoms with van der Waals surface area (Å²) in [7, 11) is 0. The Morgan fingerprint density at radius 1 is 1.12 bits per heavy atom. The normalized spacial score (nSPS) is 17.7. The van der Waals surface area contributed by atoms with Crippen molar-refractivity contribution in [2.24, 2.45) is 16.9 Å². The molecule has 2 unspecified atom stereocenters. The summed E-state index contributed by atoms with van der Waals surface area (Å²) in [5.74, 6) is -1.07. The molecule has 0 radical (unpaired) electrons. The summed E-state index contributed by atoms with van der Waals surface area (Å²) in [4.78, 5) is 58.7. The zero-order valence-corrected chi connectivity index (χ0v) is 32.1. The van der Waals surface area contributed by atoms with Crippen LogP contribution in [0.1, 0.15) is 82.7 Å². The number of nitrogens with two attached hydrogens (primary N) is 2. The molecule has 4 rings (SSSR count). The Kier molecular flexibility index (Phi) is 14.2. The maximum absolute atomic E-state index is 14.0. The van der Waals surface area contributed by atoms with Crippen LogP contribution in [0.2, 0.25) is 5.02 Å². The second kappa shape index (κ2) is 18.1. The number of primary amides is 1. The van der Waals surface area contributed by atoms with Gasteiger partial charge < -0.3 is 36.8 Å². The number of rotatable bonds is 16. The molecule has 1 aromatic heterocycles. The Morgan fingerprint density at radius 3 is 2.46 bits per heavy atom. The van der Waals surface area contributed by atoms with Gasteiger partial charge in [0.1, 0.15) is 24.4 Å². The number of halogens is 1. The molecule has 1 aliphatic heterocycles. The predicted octanol–water partition coefficient (Wildman–Crippen LogP) is 4.44. The zero-order valence-electron chi connectivity index (χ0n) is 30.5. The number of aromatic nitrogens is 1. The molecule has 7 N–H and O–H groups in total. The van der Waals surface area contributed by atoms with Crippen molar-refractivity contribution < 1.29 is 29.0 Å². The van der Waals surface area contributed by atoms with Gasteiger partial charge in [-0.2, -0.15) is 0 Å². The SMILES string of the molecule is Cc1ncsc1-c1ccc([C@H](C)NC(=O)[C@@H]2C[C@@H](O)CN2C(=O)C(NC(=O)CCCc2cccc(OCC(N)CCC(N)=O)c2Cl)C(C)(C)C)cc1. The van der Waals surface area contributed by atoms with E-state index in [0.717, 1.165) is 27.3 Å². The summed E-state index contributed by atoms with van der Waals surface area (Å²) in [6, 6.07) is 10.8. The maximum atomic E-state index is 14.0. The summed E-state index contributed by atoms with van der Waals surface area (Å²) in [6.45, 7) is 9.55. The average Bonchev–Trinajstić information content (AvgIpc) is 3.70. The number of ether oxygens (including phenoxy) is 1. The molecule has 3 aromatic rings. The van der Waals surface area contributed by atoms with Crippen molar-refractivity contribution in [3.8, 4) is 16.2 Å². The van der Waals surface area contributed by atoms with Gasteiger partial charge in [-0.15, -0.1) is 11.3 Å². The van der Waals surface area contributed by atoms with Crippen LogP contribution >= 0.6 is 22.9 Å². The fourth-order valence-corrected chi connectivity index (χ4v) is 7.24. The highest BCUT2D eigenvalue weighted by molar-refractivity contribution is 7.13. The van der Waals surface area contributed by atoms with Crippen LogP contribution in [0.5, 0.6) is 5.75 Å². The summed E-state index contributed by atoms with van der Waals surface area (Å²) in [5.41, 5.74) is 16.0. The molecule has 0 saturated carbocycles. The molecule has 14 heteroatoms. The Morgan fingerprint density at radius 2 is 1.83 bits per heavy atom. The molecule has 4 amide bonds. The van der Waals surface area contributed by atoms with Crippen LogP contribution in [0, 0.1) is 12.3 Å². The van der Waals surface area contributed by atoms with E-state index in [0.29, 0.717) is 30.0 Å². The number of likely N-dealkylation sites (tertiary alicyclic amines) is 1. The van der Waals surface area contributed by atoms with Gasteiger partial charge in [0.2, 0.25) is 23.6 Å². The molecular formula is C38H51ClN6O6S. The third-order valence-electron chi connectivity index (χ3n) is 9.17. The van der Waals surface area contributed by atoms with Crippen LogP contribution < -0.4 is 26.8 Å². The van der Waals surface area contributed by atoms with Crippen molar-refractivity contribution in [3.63, 3.8) is 0 Å². The summed E-state index contributed by atoms with van der Waals surface area (Å²) < 4.78 is 5.78. The Hall–Kier alpha value is -4.04. The fraction of sp³-hybridized carbons (Fsp3) is 0.500. The molecule has 1 saturated heterocycles. The highest BCUT2D eigenvalue weighted by atomic mass is 35.5.